The normalized spacial score (nSPS) is 28.1. The molecule has 3 heteroatoms. The van der Waals surface area contributed by atoms with E-state index in [4.69, 9.17) is 4.74 Å². The van der Waals surface area contributed by atoms with Crippen molar-refractivity contribution in [2.45, 2.75) is 26.7 Å². The molecule has 0 aromatic rings. The molecule has 1 aliphatic heterocycles. The van der Waals surface area contributed by atoms with Gasteiger partial charge in [-0.05, 0) is 38.3 Å². The maximum atomic E-state index is 11.6. The summed E-state index contributed by atoms with van der Waals surface area (Å²) in [6.07, 6.45) is 2.06. The first-order valence-corrected chi connectivity index (χ1v) is 5.81. The summed E-state index contributed by atoms with van der Waals surface area (Å²) in [5.74, 6) is 1.22. The van der Waals surface area contributed by atoms with Crippen molar-refractivity contribution in [2.75, 3.05) is 27.2 Å². The number of piperidine rings is 1. The van der Waals surface area contributed by atoms with Gasteiger partial charge in [-0.1, -0.05) is 13.8 Å². The maximum absolute atomic E-state index is 11.6. The molecule has 1 fully saturated rings. The van der Waals surface area contributed by atoms with E-state index in [-0.39, 0.29) is 11.9 Å². The molecule has 1 saturated heterocycles. The van der Waals surface area contributed by atoms with Crippen molar-refractivity contribution in [3.63, 3.8) is 0 Å². The summed E-state index contributed by atoms with van der Waals surface area (Å²) in [7, 11) is 3.62. The third kappa shape index (κ3) is 3.49. The fourth-order valence-corrected chi connectivity index (χ4v) is 2.52. The number of esters is 1. The molecule has 0 amide bonds. The fourth-order valence-electron chi connectivity index (χ4n) is 2.52. The predicted molar refractivity (Wildman–Crippen MR) is 60.6 cm³/mol. The Balaban J connectivity index is 2.61. The molecule has 1 rings (SSSR count). The van der Waals surface area contributed by atoms with E-state index in [1.54, 1.807) is 0 Å². The molecule has 0 radical (unpaired) electrons. The van der Waals surface area contributed by atoms with Crippen LogP contribution in [0.4, 0.5) is 0 Å². The summed E-state index contributed by atoms with van der Waals surface area (Å²) in [5, 5.41) is 0. The maximum Gasteiger partial charge on any atom is 0.309 e. The minimum absolute atomic E-state index is 0.0197. The Morgan fingerprint density at radius 3 is 2.73 bits per heavy atom. The van der Waals surface area contributed by atoms with Gasteiger partial charge in [0.15, 0.2) is 0 Å². The van der Waals surface area contributed by atoms with E-state index in [9.17, 15) is 4.79 Å². The topological polar surface area (TPSA) is 29.5 Å². The zero-order chi connectivity index (χ0) is 11.4. The van der Waals surface area contributed by atoms with Crippen LogP contribution in [-0.4, -0.2) is 38.1 Å². The van der Waals surface area contributed by atoms with Gasteiger partial charge in [-0.25, -0.2) is 0 Å². The van der Waals surface area contributed by atoms with Crippen LogP contribution in [0.3, 0.4) is 0 Å². The van der Waals surface area contributed by atoms with Crippen LogP contribution in [0.5, 0.6) is 0 Å². The molecule has 15 heavy (non-hydrogen) atoms. The lowest BCUT2D eigenvalue weighted by Crippen LogP contribution is -2.42. The fraction of sp³-hybridized carbons (Fsp3) is 0.917. The highest BCUT2D eigenvalue weighted by atomic mass is 16.5. The predicted octanol–water partition coefficient (Wildman–Crippen LogP) is 1.77. The molecule has 0 aromatic heterocycles. The van der Waals surface area contributed by atoms with Crippen LogP contribution >= 0.6 is 0 Å². The van der Waals surface area contributed by atoms with E-state index in [1.165, 1.54) is 7.11 Å². The quantitative estimate of drug-likeness (QED) is 0.669. The highest BCUT2D eigenvalue weighted by molar-refractivity contribution is 5.72. The number of hydrogen-bond donors (Lipinski definition) is 0. The molecular formula is C12H23NO2. The van der Waals surface area contributed by atoms with E-state index in [0.717, 1.165) is 25.9 Å². The SMILES string of the molecule is COC(=O)C1CCN(C)CC1CC(C)C. The molecule has 0 N–H and O–H groups in total. The van der Waals surface area contributed by atoms with Crippen LogP contribution < -0.4 is 0 Å². The van der Waals surface area contributed by atoms with Crippen LogP contribution in [0.25, 0.3) is 0 Å². The van der Waals surface area contributed by atoms with Gasteiger partial charge < -0.3 is 9.64 Å². The van der Waals surface area contributed by atoms with E-state index in [0.29, 0.717) is 11.8 Å². The lowest BCUT2D eigenvalue weighted by atomic mass is 9.80. The van der Waals surface area contributed by atoms with Gasteiger partial charge in [0, 0.05) is 6.54 Å². The smallest absolute Gasteiger partial charge is 0.309 e. The summed E-state index contributed by atoms with van der Waals surface area (Å²) in [5.41, 5.74) is 0. The van der Waals surface area contributed by atoms with E-state index in [2.05, 4.69) is 25.8 Å². The zero-order valence-corrected chi connectivity index (χ0v) is 10.3. The van der Waals surface area contributed by atoms with Gasteiger partial charge in [-0.2, -0.15) is 0 Å². The first-order valence-electron chi connectivity index (χ1n) is 5.81. The van der Waals surface area contributed by atoms with E-state index < -0.39 is 0 Å². The molecule has 0 aliphatic carbocycles. The number of hydrogen-bond acceptors (Lipinski definition) is 3. The molecule has 2 unspecified atom stereocenters. The van der Waals surface area contributed by atoms with Gasteiger partial charge in [0.25, 0.3) is 0 Å². The number of ether oxygens (including phenoxy) is 1. The van der Waals surface area contributed by atoms with Crippen molar-refractivity contribution >= 4 is 5.97 Å². The number of nitrogens with zero attached hydrogens (tertiary/aromatic N) is 1. The van der Waals surface area contributed by atoms with Crippen molar-refractivity contribution in [3.8, 4) is 0 Å². The number of rotatable bonds is 3. The minimum Gasteiger partial charge on any atom is -0.469 e. The lowest BCUT2D eigenvalue weighted by molar-refractivity contribution is -0.149. The standard InChI is InChI=1S/C12H23NO2/c1-9(2)7-10-8-13(3)6-5-11(10)12(14)15-4/h9-11H,5-8H2,1-4H3. The average Bonchev–Trinajstić information content (AvgIpc) is 2.16. The Bertz CT molecular complexity index is 214. The number of carbonyl (C=O) groups is 1. The summed E-state index contributed by atoms with van der Waals surface area (Å²) in [6, 6.07) is 0. The third-order valence-corrected chi connectivity index (χ3v) is 3.22. The van der Waals surface area contributed by atoms with E-state index >= 15 is 0 Å². The molecule has 0 aromatic carbocycles. The molecule has 1 heterocycles. The number of methoxy groups -OCH3 is 1. The van der Waals surface area contributed by atoms with Gasteiger partial charge in [-0.15, -0.1) is 0 Å². The first kappa shape index (κ1) is 12.5. The minimum atomic E-state index is -0.0197. The largest absolute Gasteiger partial charge is 0.469 e. The van der Waals surface area contributed by atoms with Gasteiger partial charge in [0.05, 0.1) is 13.0 Å². The second kappa shape index (κ2) is 5.50. The van der Waals surface area contributed by atoms with Gasteiger partial charge >= 0.3 is 5.97 Å². The Morgan fingerprint density at radius 1 is 1.53 bits per heavy atom. The molecule has 88 valence electrons. The Labute approximate surface area is 92.8 Å². The monoisotopic (exact) mass is 213 g/mol. The van der Waals surface area contributed by atoms with Crippen LogP contribution in [0.1, 0.15) is 26.7 Å². The Hall–Kier alpha value is -0.570. The molecule has 3 nitrogen and oxygen atoms in total. The molecule has 0 bridgehead atoms. The van der Waals surface area contributed by atoms with Crippen molar-refractivity contribution in [2.24, 2.45) is 17.8 Å². The molecule has 2 atom stereocenters. The van der Waals surface area contributed by atoms with Gasteiger partial charge in [0.2, 0.25) is 0 Å². The van der Waals surface area contributed by atoms with Crippen molar-refractivity contribution in [3.05, 3.63) is 0 Å². The Kier molecular flexibility index (Phi) is 4.58. The lowest BCUT2D eigenvalue weighted by Gasteiger charge is -2.36. The third-order valence-electron chi connectivity index (χ3n) is 3.22. The highest BCUT2D eigenvalue weighted by Crippen LogP contribution is 2.29. The van der Waals surface area contributed by atoms with Gasteiger partial charge in [0.1, 0.15) is 0 Å². The average molecular weight is 213 g/mol. The Morgan fingerprint density at radius 2 is 2.20 bits per heavy atom. The second-order valence-electron chi connectivity index (χ2n) is 5.07. The molecule has 0 saturated carbocycles. The number of carbonyl (C=O) groups excluding carboxylic acids is 1. The zero-order valence-electron chi connectivity index (χ0n) is 10.3. The second-order valence-corrected chi connectivity index (χ2v) is 5.07. The highest BCUT2D eigenvalue weighted by Gasteiger charge is 2.33. The number of likely N-dealkylation sites (tertiary alicyclic amines) is 1. The van der Waals surface area contributed by atoms with Crippen molar-refractivity contribution in [1.29, 1.82) is 0 Å². The molecule has 0 spiro atoms. The molecular weight excluding hydrogens is 190 g/mol. The molecule has 1 aliphatic rings. The summed E-state index contributed by atoms with van der Waals surface area (Å²) in [4.78, 5) is 13.9. The summed E-state index contributed by atoms with van der Waals surface area (Å²) < 4.78 is 4.88. The van der Waals surface area contributed by atoms with Gasteiger partial charge in [-0.3, -0.25) is 4.79 Å². The first-order chi connectivity index (χ1) is 7.04. The van der Waals surface area contributed by atoms with Crippen LogP contribution in [0, 0.1) is 17.8 Å². The van der Waals surface area contributed by atoms with Crippen LogP contribution in [-0.2, 0) is 9.53 Å². The van der Waals surface area contributed by atoms with Crippen LogP contribution in [0.2, 0.25) is 0 Å². The van der Waals surface area contributed by atoms with Crippen LogP contribution in [0.15, 0.2) is 0 Å². The summed E-state index contributed by atoms with van der Waals surface area (Å²) >= 11 is 0. The van der Waals surface area contributed by atoms with E-state index in [1.807, 2.05) is 0 Å². The van der Waals surface area contributed by atoms with Crippen molar-refractivity contribution in [1.82, 2.24) is 4.90 Å². The van der Waals surface area contributed by atoms with Crippen molar-refractivity contribution < 1.29 is 9.53 Å². The summed E-state index contributed by atoms with van der Waals surface area (Å²) in [6.45, 7) is 6.46.